The minimum Gasteiger partial charge on any atom is -0.354 e. The molecule has 0 unspecified atom stereocenters. The molecular weight excluding hydrogens is 424 g/mol. The van der Waals surface area contributed by atoms with Gasteiger partial charge < -0.3 is 14.7 Å². The second-order valence-corrected chi connectivity index (χ2v) is 11.0. The van der Waals surface area contributed by atoms with Gasteiger partial charge in [-0.2, -0.15) is 9.29 Å². The normalized spacial score (nSPS) is 18.9. The highest BCUT2D eigenvalue weighted by Gasteiger charge is 2.31. The van der Waals surface area contributed by atoms with Gasteiger partial charge in [0.15, 0.2) is 0 Å². The Bertz CT molecular complexity index is 1090. The van der Waals surface area contributed by atoms with Crippen molar-refractivity contribution in [3.8, 4) is 0 Å². The molecule has 0 atom stereocenters. The predicted molar refractivity (Wildman–Crippen MR) is 128 cm³/mol. The van der Waals surface area contributed by atoms with Crippen LogP contribution in [0.1, 0.15) is 22.4 Å². The average molecular weight is 459 g/mol. The van der Waals surface area contributed by atoms with E-state index in [0.717, 1.165) is 54.4 Å². The van der Waals surface area contributed by atoms with Crippen molar-refractivity contribution in [1.82, 2.24) is 19.2 Å². The molecule has 2 saturated heterocycles. The first-order valence-electron chi connectivity index (χ1n) is 11.3. The van der Waals surface area contributed by atoms with Crippen LogP contribution in [0.2, 0.25) is 0 Å². The second kappa shape index (κ2) is 8.96. The van der Waals surface area contributed by atoms with Crippen molar-refractivity contribution >= 4 is 21.8 Å². The molecular formula is C23H34N6O2S. The summed E-state index contributed by atoms with van der Waals surface area (Å²) in [6, 6.07) is 5.80. The number of nitrogens with zero attached hydrogens (tertiary/aromatic N) is 6. The van der Waals surface area contributed by atoms with E-state index in [1.165, 1.54) is 0 Å². The van der Waals surface area contributed by atoms with E-state index in [2.05, 4.69) is 26.7 Å². The van der Waals surface area contributed by atoms with Gasteiger partial charge in [0, 0.05) is 64.1 Å². The number of anilines is 2. The highest BCUT2D eigenvalue weighted by atomic mass is 32.2. The van der Waals surface area contributed by atoms with Gasteiger partial charge in [-0.1, -0.05) is 6.07 Å². The fourth-order valence-electron chi connectivity index (χ4n) is 4.36. The molecule has 0 radical (unpaired) electrons. The molecule has 174 valence electrons. The van der Waals surface area contributed by atoms with Gasteiger partial charge in [0.25, 0.3) is 0 Å². The third kappa shape index (κ3) is 4.60. The fourth-order valence-corrected chi connectivity index (χ4v) is 6.07. The zero-order chi connectivity index (χ0) is 23.0. The molecule has 9 heteroatoms. The van der Waals surface area contributed by atoms with Crippen LogP contribution in [0.15, 0.2) is 23.1 Å². The number of aryl methyl sites for hydroxylation is 4. The summed E-state index contributed by atoms with van der Waals surface area (Å²) in [7, 11) is -1.38. The third-order valence-electron chi connectivity index (χ3n) is 6.59. The quantitative estimate of drug-likeness (QED) is 0.694. The number of likely N-dealkylation sites (N-methyl/N-ethyl adjacent to an activating group) is 1. The van der Waals surface area contributed by atoms with Crippen LogP contribution < -0.4 is 9.80 Å². The van der Waals surface area contributed by atoms with Gasteiger partial charge in [0.05, 0.1) is 4.90 Å². The number of rotatable bonds is 4. The first-order chi connectivity index (χ1) is 15.1. The van der Waals surface area contributed by atoms with Gasteiger partial charge in [0.1, 0.15) is 5.82 Å². The Morgan fingerprint density at radius 1 is 0.719 bits per heavy atom. The van der Waals surface area contributed by atoms with Crippen LogP contribution in [0, 0.1) is 27.7 Å². The maximum absolute atomic E-state index is 13.3. The van der Waals surface area contributed by atoms with Crippen molar-refractivity contribution in [2.75, 3.05) is 69.2 Å². The van der Waals surface area contributed by atoms with Gasteiger partial charge in [0.2, 0.25) is 16.0 Å². The fraction of sp³-hybridized carbons (Fsp3) is 0.565. The summed E-state index contributed by atoms with van der Waals surface area (Å²) < 4.78 is 28.2. The van der Waals surface area contributed by atoms with E-state index in [9.17, 15) is 8.42 Å². The van der Waals surface area contributed by atoms with Crippen molar-refractivity contribution in [3.63, 3.8) is 0 Å². The lowest BCUT2D eigenvalue weighted by Gasteiger charge is -2.36. The lowest BCUT2D eigenvalue weighted by Crippen LogP contribution is -2.49. The predicted octanol–water partition coefficient (Wildman–Crippen LogP) is 1.97. The topological polar surface area (TPSA) is 72.9 Å². The van der Waals surface area contributed by atoms with E-state index in [1.807, 2.05) is 39.8 Å². The monoisotopic (exact) mass is 458 g/mol. The van der Waals surface area contributed by atoms with Crippen molar-refractivity contribution in [1.29, 1.82) is 0 Å². The SMILES string of the molecule is Cc1cc(N2CCN(C)CC2)nc(N2CCN(S(=O)(=O)c3cc(C)c(C)cc3C)CC2)n1. The number of sulfonamides is 1. The van der Waals surface area contributed by atoms with Crippen LogP contribution in [0.4, 0.5) is 11.8 Å². The average Bonchev–Trinajstić information content (AvgIpc) is 2.76. The minimum atomic E-state index is -3.52. The number of hydrogen-bond acceptors (Lipinski definition) is 7. The van der Waals surface area contributed by atoms with Crippen molar-refractivity contribution < 1.29 is 8.42 Å². The molecule has 3 heterocycles. The van der Waals surface area contributed by atoms with Gasteiger partial charge in [-0.3, -0.25) is 0 Å². The van der Waals surface area contributed by atoms with E-state index in [0.29, 0.717) is 37.0 Å². The first-order valence-corrected chi connectivity index (χ1v) is 12.7. The molecule has 0 N–H and O–H groups in total. The standard InChI is InChI=1S/C23H34N6O2S/c1-17-14-19(3)21(15-18(17)2)32(30,31)29-12-10-28(11-13-29)23-24-20(4)16-22(25-23)27-8-6-26(5)7-9-27/h14-16H,6-13H2,1-5H3. The van der Waals surface area contributed by atoms with Crippen LogP contribution in [-0.4, -0.2) is 87.0 Å². The van der Waals surface area contributed by atoms with Gasteiger partial charge in [-0.25, -0.2) is 13.4 Å². The van der Waals surface area contributed by atoms with Gasteiger partial charge in [-0.05, 0) is 57.5 Å². The number of hydrogen-bond donors (Lipinski definition) is 0. The minimum absolute atomic E-state index is 0.415. The molecule has 2 aliphatic heterocycles. The summed E-state index contributed by atoms with van der Waals surface area (Å²) in [5.41, 5.74) is 3.84. The lowest BCUT2D eigenvalue weighted by molar-refractivity contribution is 0.312. The number of aromatic nitrogens is 2. The summed E-state index contributed by atoms with van der Waals surface area (Å²) in [5, 5.41) is 0. The van der Waals surface area contributed by atoms with E-state index in [4.69, 9.17) is 4.98 Å². The van der Waals surface area contributed by atoms with Crippen LogP contribution >= 0.6 is 0 Å². The molecule has 0 aliphatic carbocycles. The van der Waals surface area contributed by atoms with Crippen LogP contribution in [-0.2, 0) is 10.0 Å². The molecule has 8 nitrogen and oxygen atoms in total. The van der Waals surface area contributed by atoms with E-state index in [1.54, 1.807) is 10.4 Å². The molecule has 2 aliphatic rings. The van der Waals surface area contributed by atoms with Crippen LogP contribution in [0.5, 0.6) is 0 Å². The smallest absolute Gasteiger partial charge is 0.243 e. The Hall–Kier alpha value is -2.23. The Morgan fingerprint density at radius 3 is 1.97 bits per heavy atom. The molecule has 2 aromatic rings. The summed E-state index contributed by atoms with van der Waals surface area (Å²) >= 11 is 0. The van der Waals surface area contributed by atoms with Crippen molar-refractivity contribution in [2.45, 2.75) is 32.6 Å². The maximum atomic E-state index is 13.3. The zero-order valence-corrected chi connectivity index (χ0v) is 20.6. The second-order valence-electron chi connectivity index (χ2n) is 9.05. The highest BCUT2D eigenvalue weighted by Crippen LogP contribution is 2.26. The molecule has 0 saturated carbocycles. The summed E-state index contributed by atoms with van der Waals surface area (Å²) in [6.45, 7) is 13.8. The molecule has 2 fully saturated rings. The Balaban J connectivity index is 1.49. The third-order valence-corrected chi connectivity index (χ3v) is 8.63. The van der Waals surface area contributed by atoms with Gasteiger partial charge >= 0.3 is 0 Å². The largest absolute Gasteiger partial charge is 0.354 e. The van der Waals surface area contributed by atoms with E-state index < -0.39 is 10.0 Å². The van der Waals surface area contributed by atoms with Crippen molar-refractivity contribution in [3.05, 3.63) is 40.6 Å². The Morgan fingerprint density at radius 2 is 1.31 bits per heavy atom. The number of piperazine rings is 2. The molecule has 1 aromatic heterocycles. The summed E-state index contributed by atoms with van der Waals surface area (Å²) in [4.78, 5) is 16.6. The van der Waals surface area contributed by atoms with Crippen LogP contribution in [0.3, 0.4) is 0 Å². The van der Waals surface area contributed by atoms with Gasteiger partial charge in [-0.15, -0.1) is 0 Å². The summed E-state index contributed by atoms with van der Waals surface area (Å²) in [6.07, 6.45) is 0. The Kier molecular flexibility index (Phi) is 6.42. The van der Waals surface area contributed by atoms with Crippen LogP contribution in [0.25, 0.3) is 0 Å². The molecule has 0 spiro atoms. The molecule has 1 aromatic carbocycles. The lowest BCUT2D eigenvalue weighted by atomic mass is 10.1. The van der Waals surface area contributed by atoms with Crippen molar-refractivity contribution in [2.24, 2.45) is 0 Å². The first kappa shape index (κ1) is 22.9. The molecule has 4 rings (SSSR count). The Labute approximate surface area is 191 Å². The van der Waals surface area contributed by atoms with E-state index >= 15 is 0 Å². The summed E-state index contributed by atoms with van der Waals surface area (Å²) in [5.74, 6) is 1.65. The highest BCUT2D eigenvalue weighted by molar-refractivity contribution is 7.89. The molecule has 0 bridgehead atoms. The molecule has 32 heavy (non-hydrogen) atoms. The zero-order valence-electron chi connectivity index (χ0n) is 19.8. The maximum Gasteiger partial charge on any atom is 0.243 e. The van der Waals surface area contributed by atoms with E-state index in [-0.39, 0.29) is 0 Å². The molecule has 0 amide bonds. The number of benzene rings is 1.